The van der Waals surface area contributed by atoms with E-state index in [4.69, 9.17) is 14.8 Å². The first-order chi connectivity index (χ1) is 22.9. The second kappa shape index (κ2) is 14.3. The van der Waals surface area contributed by atoms with Crippen LogP contribution in [0, 0.1) is 19.1 Å². The van der Waals surface area contributed by atoms with Gasteiger partial charge < -0.3 is 9.30 Å². The van der Waals surface area contributed by atoms with Gasteiger partial charge in [-0.05, 0) is 82.8 Å². The Kier molecular flexibility index (Phi) is 9.98. The first-order valence-corrected chi connectivity index (χ1v) is 16.7. The molecule has 6 heteroatoms. The van der Waals surface area contributed by atoms with Crippen LogP contribution in [0.5, 0.6) is 11.5 Å². The van der Waals surface area contributed by atoms with Crippen molar-refractivity contribution in [1.29, 1.82) is 0 Å². The molecule has 0 fully saturated rings. The number of rotatable bonds is 10. The topological polar surface area (TPSA) is 44.9 Å². The van der Waals surface area contributed by atoms with Gasteiger partial charge in [0, 0.05) is 35.0 Å². The molecule has 0 aliphatic carbocycles. The smallest absolute Gasteiger partial charge is 0.509 e. The third kappa shape index (κ3) is 6.49. The average molecular weight is 812 g/mol. The summed E-state index contributed by atoms with van der Waals surface area (Å²) in [5.74, 6) is 2.57. The molecule has 0 N–H and O–H groups in total. The standard InChI is InChI=1S/C42H40N4O.Pt/c1-6-11-30-22-32(28(3)4)23-31(12-7-2)42(30)33-26-44-45(27-33)34-13-10-14-35(24-34)47-36-17-18-38-37-15-8-9-16-39(37)46(40(38)25-36)41-21-29(5)19-20-43-41;/h8-10,13-23,26-28H,6-7,11-12H2,1-5H3;/q-2;+2. The van der Waals surface area contributed by atoms with Crippen molar-refractivity contribution in [3.63, 3.8) is 0 Å². The number of hydrogen-bond donors (Lipinski definition) is 0. The monoisotopic (exact) mass is 811 g/mol. The van der Waals surface area contributed by atoms with Crippen molar-refractivity contribution in [2.75, 3.05) is 0 Å². The zero-order valence-corrected chi connectivity index (χ0v) is 30.4. The van der Waals surface area contributed by atoms with Gasteiger partial charge in [0.1, 0.15) is 5.82 Å². The van der Waals surface area contributed by atoms with Gasteiger partial charge in [0.2, 0.25) is 0 Å². The third-order valence-corrected chi connectivity index (χ3v) is 8.81. The van der Waals surface area contributed by atoms with E-state index in [-0.39, 0.29) is 21.1 Å². The second-order valence-electron chi connectivity index (χ2n) is 12.7. The normalized spacial score (nSPS) is 11.4. The van der Waals surface area contributed by atoms with Crippen LogP contribution in [0.25, 0.3) is 44.4 Å². The molecule has 0 saturated heterocycles. The second-order valence-corrected chi connectivity index (χ2v) is 12.7. The molecule has 0 amide bonds. The maximum atomic E-state index is 6.40. The SMILES string of the molecule is CCCc1cc(C(C)C)cc(CCC)c1-c1cnn(-c2[c-]c(Oc3[c-]c4c(cc3)c3ccccc3n4-c3cc(C)ccn3)ccc2)c1.[Pt+2]. The summed E-state index contributed by atoms with van der Waals surface area (Å²) in [5.41, 5.74) is 10.7. The van der Waals surface area contributed by atoms with Crippen molar-refractivity contribution in [3.8, 4) is 34.1 Å². The number of ether oxygens (including phenoxy) is 1. The Balaban J connectivity index is 0.00000401. The minimum absolute atomic E-state index is 0. The van der Waals surface area contributed by atoms with E-state index in [1.165, 1.54) is 22.3 Å². The number of hydrogen-bond acceptors (Lipinski definition) is 3. The van der Waals surface area contributed by atoms with Gasteiger partial charge >= 0.3 is 21.1 Å². The van der Waals surface area contributed by atoms with Crippen molar-refractivity contribution < 1.29 is 25.8 Å². The van der Waals surface area contributed by atoms with Crippen LogP contribution in [0.15, 0.2) is 97.5 Å². The van der Waals surface area contributed by atoms with Gasteiger partial charge in [-0.15, -0.1) is 35.7 Å². The Morgan fingerprint density at radius 2 is 1.56 bits per heavy atom. The molecule has 0 atom stereocenters. The predicted molar refractivity (Wildman–Crippen MR) is 192 cm³/mol. The van der Waals surface area contributed by atoms with Gasteiger partial charge in [-0.25, -0.2) is 4.98 Å². The van der Waals surface area contributed by atoms with Crippen LogP contribution < -0.4 is 4.74 Å². The summed E-state index contributed by atoms with van der Waals surface area (Å²) in [6.45, 7) is 11.1. The van der Waals surface area contributed by atoms with E-state index in [0.717, 1.165) is 70.1 Å². The minimum atomic E-state index is 0. The van der Waals surface area contributed by atoms with Crippen molar-refractivity contribution in [3.05, 3.63) is 132 Å². The molecule has 244 valence electrons. The fourth-order valence-corrected chi connectivity index (χ4v) is 6.58. The fourth-order valence-electron chi connectivity index (χ4n) is 6.58. The molecule has 0 aliphatic rings. The molecule has 5 nitrogen and oxygen atoms in total. The quantitative estimate of drug-likeness (QED) is 0.129. The summed E-state index contributed by atoms with van der Waals surface area (Å²) >= 11 is 0. The van der Waals surface area contributed by atoms with Crippen LogP contribution in [0.1, 0.15) is 68.7 Å². The molecule has 7 aromatic rings. The summed E-state index contributed by atoms with van der Waals surface area (Å²) in [5, 5.41) is 7.05. The Labute approximate surface area is 297 Å². The third-order valence-electron chi connectivity index (χ3n) is 8.81. The number of nitrogens with zero attached hydrogens (tertiary/aromatic N) is 4. The van der Waals surface area contributed by atoms with Crippen molar-refractivity contribution in [2.45, 2.75) is 66.2 Å². The zero-order valence-electron chi connectivity index (χ0n) is 28.2. The van der Waals surface area contributed by atoms with Crippen LogP contribution in [-0.4, -0.2) is 19.3 Å². The van der Waals surface area contributed by atoms with E-state index in [9.17, 15) is 0 Å². The Morgan fingerprint density at radius 3 is 2.29 bits per heavy atom. The van der Waals surface area contributed by atoms with Gasteiger partial charge in [-0.2, -0.15) is 17.2 Å². The molecule has 48 heavy (non-hydrogen) atoms. The molecule has 0 bridgehead atoms. The molecule has 7 rings (SSSR count). The molecule has 0 aliphatic heterocycles. The summed E-state index contributed by atoms with van der Waals surface area (Å²) in [6, 6.07) is 34.3. The van der Waals surface area contributed by atoms with Gasteiger partial charge in [-0.3, -0.25) is 4.68 Å². The van der Waals surface area contributed by atoms with Crippen molar-refractivity contribution >= 4 is 21.8 Å². The first-order valence-electron chi connectivity index (χ1n) is 16.7. The van der Waals surface area contributed by atoms with Crippen molar-refractivity contribution in [2.24, 2.45) is 0 Å². The number of para-hydroxylation sites is 1. The minimum Gasteiger partial charge on any atom is -0.509 e. The molecular formula is C42H40N4OPt. The largest absolute Gasteiger partial charge is 2.00 e. The van der Waals surface area contributed by atoms with E-state index in [1.807, 2.05) is 47.4 Å². The number of aryl methyl sites for hydroxylation is 3. The number of fused-ring (bicyclic) bond motifs is 3. The molecule has 3 heterocycles. The van der Waals surface area contributed by atoms with E-state index < -0.39 is 0 Å². The molecule has 0 radical (unpaired) electrons. The van der Waals surface area contributed by atoms with Crippen LogP contribution in [-0.2, 0) is 33.9 Å². The van der Waals surface area contributed by atoms with E-state index in [1.54, 1.807) is 0 Å². The van der Waals surface area contributed by atoms with Crippen LogP contribution in [0.3, 0.4) is 0 Å². The first kappa shape index (κ1) is 33.4. The zero-order chi connectivity index (χ0) is 32.5. The molecular weight excluding hydrogens is 772 g/mol. The molecule has 4 aromatic carbocycles. The van der Waals surface area contributed by atoms with E-state index >= 15 is 0 Å². The number of aromatic nitrogens is 4. The van der Waals surface area contributed by atoms with E-state index in [0.29, 0.717) is 17.4 Å². The number of benzene rings is 4. The molecule has 3 aromatic heterocycles. The Hall–Kier alpha value is -4.47. The van der Waals surface area contributed by atoms with Gasteiger partial charge in [0.25, 0.3) is 0 Å². The van der Waals surface area contributed by atoms with Gasteiger partial charge in [0.15, 0.2) is 0 Å². The predicted octanol–water partition coefficient (Wildman–Crippen LogP) is 10.8. The summed E-state index contributed by atoms with van der Waals surface area (Å²) < 4.78 is 10.5. The number of pyridine rings is 1. The summed E-state index contributed by atoms with van der Waals surface area (Å²) in [7, 11) is 0. The van der Waals surface area contributed by atoms with E-state index in [2.05, 4.69) is 106 Å². The maximum Gasteiger partial charge on any atom is 2.00 e. The average Bonchev–Trinajstić information content (AvgIpc) is 3.68. The summed E-state index contributed by atoms with van der Waals surface area (Å²) in [6.07, 6.45) is 10.3. The molecule has 0 saturated carbocycles. The molecule has 0 spiro atoms. The van der Waals surface area contributed by atoms with Crippen LogP contribution in [0.2, 0.25) is 0 Å². The Morgan fingerprint density at radius 1 is 0.812 bits per heavy atom. The van der Waals surface area contributed by atoms with Gasteiger partial charge in [-0.1, -0.05) is 76.4 Å². The molecule has 0 unspecified atom stereocenters. The Bertz CT molecular complexity index is 2180. The van der Waals surface area contributed by atoms with Crippen LogP contribution >= 0.6 is 0 Å². The maximum absolute atomic E-state index is 6.40. The van der Waals surface area contributed by atoms with Crippen LogP contribution in [0.4, 0.5) is 0 Å². The summed E-state index contributed by atoms with van der Waals surface area (Å²) in [4.78, 5) is 4.69. The van der Waals surface area contributed by atoms with Gasteiger partial charge in [0.05, 0.1) is 6.20 Å². The van der Waals surface area contributed by atoms with Crippen molar-refractivity contribution in [1.82, 2.24) is 19.3 Å². The fraction of sp³-hybridized carbons (Fsp3) is 0.238.